The molecule has 1 aromatic rings. The first-order valence-electron chi connectivity index (χ1n) is 6.25. The summed E-state index contributed by atoms with van der Waals surface area (Å²) in [4.78, 5) is 22.1. The molecule has 0 saturated carbocycles. The lowest BCUT2D eigenvalue weighted by atomic mass is 10.1. The predicted octanol–water partition coefficient (Wildman–Crippen LogP) is 2.02. The molecule has 0 bridgehead atoms. The molecule has 0 aliphatic heterocycles. The van der Waals surface area contributed by atoms with Gasteiger partial charge in [0.25, 0.3) is 0 Å². The maximum atomic E-state index is 11.4. The number of hydrogen-bond acceptors (Lipinski definition) is 4. The third-order valence-corrected chi connectivity index (χ3v) is 2.64. The zero-order chi connectivity index (χ0) is 15.0. The van der Waals surface area contributed by atoms with Crippen molar-refractivity contribution in [2.45, 2.75) is 13.3 Å². The van der Waals surface area contributed by atoms with Gasteiger partial charge >= 0.3 is 5.97 Å². The third kappa shape index (κ3) is 4.76. The van der Waals surface area contributed by atoms with Crippen molar-refractivity contribution in [1.29, 1.82) is 0 Å². The molecule has 0 aliphatic carbocycles. The highest BCUT2D eigenvalue weighted by molar-refractivity contribution is 5.90. The zero-order valence-corrected chi connectivity index (χ0v) is 11.9. The van der Waals surface area contributed by atoms with Gasteiger partial charge in [0.05, 0.1) is 19.8 Å². The van der Waals surface area contributed by atoms with E-state index in [0.29, 0.717) is 17.9 Å². The van der Waals surface area contributed by atoms with Crippen molar-refractivity contribution in [2.24, 2.45) is 0 Å². The quantitative estimate of drug-likeness (QED) is 0.638. The van der Waals surface area contributed by atoms with Gasteiger partial charge in [0, 0.05) is 19.0 Å². The van der Waals surface area contributed by atoms with Crippen LogP contribution in [0.2, 0.25) is 0 Å². The van der Waals surface area contributed by atoms with E-state index in [4.69, 9.17) is 4.74 Å². The maximum absolute atomic E-state index is 11.4. The first-order chi connectivity index (χ1) is 9.58. The normalized spacial score (nSPS) is 10.3. The van der Waals surface area contributed by atoms with Gasteiger partial charge in [-0.3, -0.25) is 4.79 Å². The molecule has 0 atom stereocenters. The number of carbonyl (C=O) groups is 2. The average Bonchev–Trinajstić information content (AvgIpc) is 2.45. The standard InChI is InChI=1S/C15H19NO4/c1-11(17)16-9-5-4-6-12-7-8-13(15(18)20-3)10-14(12)19-2/h4,6-8,10H,5,9H2,1-3H3,(H,16,17). The summed E-state index contributed by atoms with van der Waals surface area (Å²) < 4.78 is 9.91. The molecule has 0 spiro atoms. The van der Waals surface area contributed by atoms with Gasteiger partial charge < -0.3 is 14.8 Å². The molecule has 5 nitrogen and oxygen atoms in total. The molecule has 1 N–H and O–H groups in total. The summed E-state index contributed by atoms with van der Waals surface area (Å²) in [5.41, 5.74) is 1.31. The van der Waals surface area contributed by atoms with E-state index in [1.54, 1.807) is 25.3 Å². The van der Waals surface area contributed by atoms with Crippen LogP contribution in [-0.2, 0) is 9.53 Å². The topological polar surface area (TPSA) is 64.6 Å². The van der Waals surface area contributed by atoms with Crippen LogP contribution in [0.1, 0.15) is 29.3 Å². The molecule has 1 aromatic carbocycles. The van der Waals surface area contributed by atoms with Gasteiger partial charge in [0.1, 0.15) is 5.75 Å². The maximum Gasteiger partial charge on any atom is 0.337 e. The Morgan fingerprint density at radius 2 is 2.05 bits per heavy atom. The SMILES string of the molecule is COC(=O)c1ccc(C=CCCNC(C)=O)c(OC)c1. The second-order valence-corrected chi connectivity index (χ2v) is 4.12. The molecule has 0 saturated heterocycles. The molecule has 1 rings (SSSR count). The third-order valence-electron chi connectivity index (χ3n) is 2.64. The number of rotatable bonds is 6. The number of amides is 1. The molecular formula is C15H19NO4. The number of carbonyl (C=O) groups excluding carboxylic acids is 2. The fourth-order valence-corrected chi connectivity index (χ4v) is 1.64. The van der Waals surface area contributed by atoms with Gasteiger partial charge in [-0.05, 0) is 18.6 Å². The molecule has 0 fully saturated rings. The second kappa shape index (κ2) is 7.99. The molecule has 5 heteroatoms. The molecule has 0 radical (unpaired) electrons. The second-order valence-electron chi connectivity index (χ2n) is 4.12. The Morgan fingerprint density at radius 3 is 2.65 bits per heavy atom. The van der Waals surface area contributed by atoms with Crippen LogP contribution in [-0.4, -0.2) is 32.6 Å². The summed E-state index contributed by atoms with van der Waals surface area (Å²) in [6, 6.07) is 5.11. The number of esters is 1. The van der Waals surface area contributed by atoms with Crippen molar-refractivity contribution in [3.63, 3.8) is 0 Å². The smallest absolute Gasteiger partial charge is 0.337 e. The van der Waals surface area contributed by atoms with Crippen molar-refractivity contribution in [3.05, 3.63) is 35.4 Å². The van der Waals surface area contributed by atoms with E-state index in [0.717, 1.165) is 12.0 Å². The molecule has 0 aliphatic rings. The van der Waals surface area contributed by atoms with Crippen LogP contribution in [0.25, 0.3) is 6.08 Å². The van der Waals surface area contributed by atoms with E-state index in [-0.39, 0.29) is 5.91 Å². The Labute approximate surface area is 118 Å². The monoisotopic (exact) mass is 277 g/mol. The van der Waals surface area contributed by atoms with Crippen LogP contribution in [0.3, 0.4) is 0 Å². The van der Waals surface area contributed by atoms with Gasteiger partial charge in [-0.1, -0.05) is 18.2 Å². The van der Waals surface area contributed by atoms with Crippen LogP contribution in [0.15, 0.2) is 24.3 Å². The van der Waals surface area contributed by atoms with Crippen molar-refractivity contribution in [3.8, 4) is 5.75 Å². The summed E-state index contributed by atoms with van der Waals surface area (Å²) in [7, 11) is 2.88. The number of hydrogen-bond donors (Lipinski definition) is 1. The van der Waals surface area contributed by atoms with E-state index < -0.39 is 5.97 Å². The van der Waals surface area contributed by atoms with E-state index in [2.05, 4.69) is 10.1 Å². The lowest BCUT2D eigenvalue weighted by molar-refractivity contribution is -0.118. The zero-order valence-electron chi connectivity index (χ0n) is 11.9. The van der Waals surface area contributed by atoms with Crippen molar-refractivity contribution in [2.75, 3.05) is 20.8 Å². The minimum atomic E-state index is -0.399. The summed E-state index contributed by atoms with van der Waals surface area (Å²) in [5, 5.41) is 2.71. The van der Waals surface area contributed by atoms with Crippen LogP contribution >= 0.6 is 0 Å². The first kappa shape index (κ1) is 15.8. The fraction of sp³-hybridized carbons (Fsp3) is 0.333. The van der Waals surface area contributed by atoms with Crippen LogP contribution in [0.5, 0.6) is 5.75 Å². The van der Waals surface area contributed by atoms with Gasteiger partial charge in [-0.15, -0.1) is 0 Å². The Morgan fingerprint density at radius 1 is 1.30 bits per heavy atom. The molecular weight excluding hydrogens is 258 g/mol. The lowest BCUT2D eigenvalue weighted by Gasteiger charge is -2.07. The minimum absolute atomic E-state index is 0.0431. The Balaban J connectivity index is 2.72. The minimum Gasteiger partial charge on any atom is -0.496 e. The van der Waals surface area contributed by atoms with Crippen LogP contribution in [0, 0.1) is 0 Å². The predicted molar refractivity (Wildman–Crippen MR) is 76.7 cm³/mol. The molecule has 20 heavy (non-hydrogen) atoms. The number of methoxy groups -OCH3 is 2. The Bertz CT molecular complexity index is 509. The molecule has 108 valence electrons. The van der Waals surface area contributed by atoms with E-state index in [9.17, 15) is 9.59 Å². The highest BCUT2D eigenvalue weighted by Crippen LogP contribution is 2.22. The summed E-state index contributed by atoms with van der Waals surface area (Å²) >= 11 is 0. The van der Waals surface area contributed by atoms with E-state index >= 15 is 0 Å². The average molecular weight is 277 g/mol. The Hall–Kier alpha value is -2.30. The number of nitrogens with one attached hydrogen (secondary N) is 1. The van der Waals surface area contributed by atoms with Gasteiger partial charge in [0.15, 0.2) is 0 Å². The molecule has 0 unspecified atom stereocenters. The highest BCUT2D eigenvalue weighted by atomic mass is 16.5. The lowest BCUT2D eigenvalue weighted by Crippen LogP contribution is -2.20. The van der Waals surface area contributed by atoms with Gasteiger partial charge in [-0.25, -0.2) is 4.79 Å². The molecule has 0 heterocycles. The van der Waals surface area contributed by atoms with E-state index in [1.165, 1.54) is 14.0 Å². The van der Waals surface area contributed by atoms with Crippen molar-refractivity contribution in [1.82, 2.24) is 5.32 Å². The summed E-state index contributed by atoms with van der Waals surface area (Å²) in [5.74, 6) is 0.159. The number of benzene rings is 1. The highest BCUT2D eigenvalue weighted by Gasteiger charge is 2.08. The fourth-order valence-electron chi connectivity index (χ4n) is 1.64. The summed E-state index contributed by atoms with van der Waals surface area (Å²) in [6.45, 7) is 2.08. The van der Waals surface area contributed by atoms with Gasteiger partial charge in [0.2, 0.25) is 5.91 Å². The molecule has 1 amide bonds. The van der Waals surface area contributed by atoms with Crippen LogP contribution < -0.4 is 10.1 Å². The van der Waals surface area contributed by atoms with Crippen molar-refractivity contribution < 1.29 is 19.1 Å². The summed E-state index contributed by atoms with van der Waals surface area (Å²) in [6.07, 6.45) is 4.55. The largest absolute Gasteiger partial charge is 0.496 e. The first-order valence-corrected chi connectivity index (χ1v) is 6.25. The molecule has 0 aromatic heterocycles. The van der Waals surface area contributed by atoms with Gasteiger partial charge in [-0.2, -0.15) is 0 Å². The van der Waals surface area contributed by atoms with Crippen molar-refractivity contribution >= 4 is 18.0 Å². The Kier molecular flexibility index (Phi) is 6.29. The van der Waals surface area contributed by atoms with E-state index in [1.807, 2.05) is 12.2 Å². The van der Waals surface area contributed by atoms with Crippen LogP contribution in [0.4, 0.5) is 0 Å². The number of ether oxygens (including phenoxy) is 2.